The molecule has 122 valence electrons. The number of carboxylic acid groups (broad SMARTS) is 1. The highest BCUT2D eigenvalue weighted by Gasteiger charge is 2.13. The van der Waals surface area contributed by atoms with Gasteiger partial charge in [0.2, 0.25) is 0 Å². The van der Waals surface area contributed by atoms with Crippen LogP contribution in [0.1, 0.15) is 27.2 Å². The first-order valence-electron chi connectivity index (χ1n) is 7.52. The van der Waals surface area contributed by atoms with Crippen LogP contribution in [0.25, 0.3) is 10.6 Å². The molecule has 2 aromatic carbocycles. The summed E-state index contributed by atoms with van der Waals surface area (Å²) in [7, 11) is 0. The first-order chi connectivity index (χ1) is 11.5. The molecule has 0 aliphatic heterocycles. The van der Waals surface area contributed by atoms with E-state index >= 15 is 0 Å². The molecule has 0 aliphatic rings. The molecule has 1 N–H and O–H groups in total. The van der Waals surface area contributed by atoms with Crippen LogP contribution in [0.4, 0.5) is 0 Å². The lowest BCUT2D eigenvalue weighted by molar-refractivity contribution is 0.0691. The Labute approximate surface area is 144 Å². The molecule has 0 aliphatic carbocycles. The molecule has 0 radical (unpaired) electrons. The summed E-state index contributed by atoms with van der Waals surface area (Å²) < 4.78 is 5.98. The van der Waals surface area contributed by atoms with E-state index < -0.39 is 5.97 Å². The molecule has 0 fully saturated rings. The zero-order valence-electron chi connectivity index (χ0n) is 13.4. The van der Waals surface area contributed by atoms with Gasteiger partial charge in [0.15, 0.2) is 5.69 Å². The molecule has 1 heterocycles. The smallest absolute Gasteiger partial charge is 0.355 e. The van der Waals surface area contributed by atoms with E-state index in [-0.39, 0.29) is 5.69 Å². The predicted octanol–water partition coefficient (Wildman–Crippen LogP) is 4.70. The molecule has 0 amide bonds. The lowest BCUT2D eigenvalue weighted by atomic mass is 10.1. The van der Waals surface area contributed by atoms with Crippen LogP contribution in [0.5, 0.6) is 5.75 Å². The van der Waals surface area contributed by atoms with Crippen molar-refractivity contribution in [2.75, 3.05) is 0 Å². The summed E-state index contributed by atoms with van der Waals surface area (Å²) >= 11 is 1.32. The van der Waals surface area contributed by atoms with Crippen molar-refractivity contribution in [3.05, 3.63) is 70.2 Å². The second-order valence-corrected chi connectivity index (χ2v) is 6.42. The highest BCUT2D eigenvalue weighted by atomic mass is 32.1. The molecule has 3 aromatic rings. The summed E-state index contributed by atoms with van der Waals surface area (Å²) in [4.78, 5) is 15.2. The normalized spacial score (nSPS) is 10.6. The molecule has 0 bridgehead atoms. The Morgan fingerprint density at radius 2 is 2.00 bits per heavy atom. The van der Waals surface area contributed by atoms with E-state index in [0.717, 1.165) is 28.0 Å². The van der Waals surface area contributed by atoms with E-state index in [0.29, 0.717) is 11.6 Å². The number of rotatable bonds is 5. The number of aryl methyl sites for hydroxylation is 2. The zero-order chi connectivity index (χ0) is 17.1. The number of thiazole rings is 1. The maximum absolute atomic E-state index is 11.0. The van der Waals surface area contributed by atoms with Crippen molar-refractivity contribution in [3.63, 3.8) is 0 Å². The van der Waals surface area contributed by atoms with Crippen LogP contribution in [0.3, 0.4) is 0 Å². The molecular weight excluding hydrogens is 322 g/mol. The quantitative estimate of drug-likeness (QED) is 0.732. The predicted molar refractivity (Wildman–Crippen MR) is 94.8 cm³/mol. The Balaban J connectivity index is 1.86. The third-order valence-corrected chi connectivity index (χ3v) is 4.57. The van der Waals surface area contributed by atoms with Crippen molar-refractivity contribution in [1.82, 2.24) is 4.98 Å². The number of hydrogen-bond donors (Lipinski definition) is 1. The van der Waals surface area contributed by atoms with Crippen molar-refractivity contribution in [3.8, 4) is 16.3 Å². The van der Waals surface area contributed by atoms with Crippen LogP contribution < -0.4 is 4.74 Å². The number of nitrogens with zero attached hydrogens (tertiary/aromatic N) is 1. The molecule has 0 spiro atoms. The molecule has 5 heteroatoms. The lowest BCUT2D eigenvalue weighted by Crippen LogP contribution is -2.00. The summed E-state index contributed by atoms with van der Waals surface area (Å²) in [6, 6.07) is 13.9. The van der Waals surface area contributed by atoms with Gasteiger partial charge >= 0.3 is 5.97 Å². The van der Waals surface area contributed by atoms with Crippen molar-refractivity contribution in [2.45, 2.75) is 20.5 Å². The van der Waals surface area contributed by atoms with Gasteiger partial charge in [-0.2, -0.15) is 0 Å². The van der Waals surface area contributed by atoms with Crippen LogP contribution in [0, 0.1) is 13.8 Å². The highest BCUT2D eigenvalue weighted by Crippen LogP contribution is 2.29. The number of aromatic nitrogens is 1. The van der Waals surface area contributed by atoms with Gasteiger partial charge in [0, 0.05) is 10.9 Å². The third kappa shape index (κ3) is 3.46. The number of benzene rings is 2. The largest absolute Gasteiger partial charge is 0.489 e. The Morgan fingerprint density at radius 3 is 2.75 bits per heavy atom. The fourth-order valence-electron chi connectivity index (χ4n) is 2.37. The fourth-order valence-corrected chi connectivity index (χ4v) is 3.22. The van der Waals surface area contributed by atoms with Crippen LogP contribution in [0.2, 0.25) is 0 Å². The number of carboxylic acids is 1. The second kappa shape index (κ2) is 6.84. The third-order valence-electron chi connectivity index (χ3n) is 3.70. The number of hydrogen-bond acceptors (Lipinski definition) is 4. The molecule has 0 saturated heterocycles. The van der Waals surface area contributed by atoms with Crippen molar-refractivity contribution >= 4 is 17.3 Å². The van der Waals surface area contributed by atoms with E-state index in [9.17, 15) is 4.79 Å². The molecule has 0 unspecified atom stereocenters. The minimum atomic E-state index is -1.01. The Bertz CT molecular complexity index is 886. The van der Waals surface area contributed by atoms with Crippen LogP contribution >= 0.6 is 11.3 Å². The number of carbonyl (C=O) groups is 1. The SMILES string of the molecule is Cc1ccc(C)c(OCc2ccccc2-c2nc(C(=O)O)cs2)c1. The van der Waals surface area contributed by atoms with Crippen molar-refractivity contribution < 1.29 is 14.6 Å². The van der Waals surface area contributed by atoms with Gasteiger partial charge in [0.05, 0.1) is 0 Å². The van der Waals surface area contributed by atoms with E-state index in [1.165, 1.54) is 11.3 Å². The van der Waals surface area contributed by atoms with E-state index in [4.69, 9.17) is 9.84 Å². The minimum Gasteiger partial charge on any atom is -0.489 e. The van der Waals surface area contributed by atoms with Gasteiger partial charge in [0.25, 0.3) is 0 Å². The lowest BCUT2D eigenvalue weighted by Gasteiger charge is -2.12. The molecular formula is C19H17NO3S. The zero-order valence-corrected chi connectivity index (χ0v) is 14.3. The van der Waals surface area contributed by atoms with Crippen LogP contribution in [-0.4, -0.2) is 16.1 Å². The Kier molecular flexibility index (Phi) is 4.62. The molecule has 0 saturated carbocycles. The van der Waals surface area contributed by atoms with Gasteiger partial charge in [-0.15, -0.1) is 11.3 Å². The van der Waals surface area contributed by atoms with E-state index in [2.05, 4.69) is 11.1 Å². The molecule has 4 nitrogen and oxygen atoms in total. The summed E-state index contributed by atoms with van der Waals surface area (Å²) in [5.41, 5.74) is 4.18. The van der Waals surface area contributed by atoms with Gasteiger partial charge in [-0.05, 0) is 36.6 Å². The Hall–Kier alpha value is -2.66. The minimum absolute atomic E-state index is 0.0697. The first-order valence-corrected chi connectivity index (χ1v) is 8.39. The maximum atomic E-state index is 11.0. The topological polar surface area (TPSA) is 59.4 Å². The van der Waals surface area contributed by atoms with E-state index in [1.54, 1.807) is 5.38 Å². The maximum Gasteiger partial charge on any atom is 0.355 e. The van der Waals surface area contributed by atoms with E-state index in [1.807, 2.05) is 50.2 Å². The number of ether oxygens (including phenoxy) is 1. The second-order valence-electron chi connectivity index (χ2n) is 5.56. The molecule has 0 atom stereocenters. The average Bonchev–Trinajstić information content (AvgIpc) is 3.06. The van der Waals surface area contributed by atoms with Crippen LogP contribution in [-0.2, 0) is 6.61 Å². The van der Waals surface area contributed by atoms with Gasteiger partial charge in [0.1, 0.15) is 17.4 Å². The summed E-state index contributed by atoms with van der Waals surface area (Å²) in [6.07, 6.45) is 0. The van der Waals surface area contributed by atoms with Crippen molar-refractivity contribution in [1.29, 1.82) is 0 Å². The van der Waals surface area contributed by atoms with Gasteiger partial charge in [-0.25, -0.2) is 9.78 Å². The van der Waals surface area contributed by atoms with Gasteiger partial charge in [-0.3, -0.25) is 0 Å². The standard InChI is InChI=1S/C19H17NO3S/c1-12-7-8-13(2)17(9-12)23-10-14-5-3-4-6-15(14)18-20-16(11-24-18)19(21)22/h3-9,11H,10H2,1-2H3,(H,21,22). The molecule has 3 rings (SSSR count). The van der Waals surface area contributed by atoms with Gasteiger partial charge in [-0.1, -0.05) is 36.4 Å². The Morgan fingerprint density at radius 1 is 1.21 bits per heavy atom. The van der Waals surface area contributed by atoms with Crippen molar-refractivity contribution in [2.24, 2.45) is 0 Å². The van der Waals surface area contributed by atoms with Gasteiger partial charge < -0.3 is 9.84 Å². The number of aromatic carboxylic acids is 1. The summed E-state index contributed by atoms with van der Waals surface area (Å²) in [5.74, 6) is -0.156. The molecule has 1 aromatic heterocycles. The van der Waals surface area contributed by atoms with Crippen LogP contribution in [0.15, 0.2) is 47.8 Å². The summed E-state index contributed by atoms with van der Waals surface area (Å²) in [6.45, 7) is 4.45. The average molecular weight is 339 g/mol. The first kappa shape index (κ1) is 16.2. The highest BCUT2D eigenvalue weighted by molar-refractivity contribution is 7.13. The molecule has 24 heavy (non-hydrogen) atoms. The fraction of sp³-hybridized carbons (Fsp3) is 0.158. The summed E-state index contributed by atoms with van der Waals surface area (Å²) in [5, 5.41) is 11.3. The monoisotopic (exact) mass is 339 g/mol.